The molecule has 0 saturated heterocycles. The molecule has 0 aromatic carbocycles. The van der Waals surface area contributed by atoms with E-state index >= 15 is 0 Å². The Labute approximate surface area is 201 Å². The third-order valence-electron chi connectivity index (χ3n) is 4.12. The fraction of sp³-hybridized carbons (Fsp3) is 0.696. The van der Waals surface area contributed by atoms with E-state index in [0.717, 1.165) is 61.9 Å². The Bertz CT molecular complexity index is 655. The largest absolute Gasteiger partial charge is 0.473 e. The first-order chi connectivity index (χ1) is 16.3. The van der Waals surface area contributed by atoms with Crippen molar-refractivity contribution < 1.29 is 28.8 Å². The van der Waals surface area contributed by atoms with Crippen LogP contribution in [0.4, 0.5) is 0 Å². The summed E-state index contributed by atoms with van der Waals surface area (Å²) in [7, 11) is 0. The van der Waals surface area contributed by atoms with Crippen molar-refractivity contribution in [2.24, 2.45) is 0 Å². The van der Waals surface area contributed by atoms with E-state index in [9.17, 15) is 0 Å². The average molecular weight is 486 g/mol. The number of rotatable bonds is 19. The SMILES string of the molecule is CCCCOCCOCCO.CCCCOCCOCCOc1nsnc1-c1cccnc1. The highest BCUT2D eigenvalue weighted by molar-refractivity contribution is 6.99. The van der Waals surface area contributed by atoms with Gasteiger partial charge in [0.05, 0.1) is 58.0 Å². The van der Waals surface area contributed by atoms with Crippen molar-refractivity contribution in [1.82, 2.24) is 13.7 Å². The van der Waals surface area contributed by atoms with E-state index in [1.165, 1.54) is 0 Å². The smallest absolute Gasteiger partial charge is 0.254 e. The van der Waals surface area contributed by atoms with Crippen LogP contribution in [0.3, 0.4) is 0 Å². The van der Waals surface area contributed by atoms with E-state index in [1.807, 2.05) is 12.1 Å². The van der Waals surface area contributed by atoms with Gasteiger partial charge in [-0.3, -0.25) is 4.98 Å². The lowest BCUT2D eigenvalue weighted by atomic mass is 10.2. The number of ether oxygens (including phenoxy) is 5. The molecule has 0 radical (unpaired) electrons. The number of hydrogen-bond acceptors (Lipinski definition) is 10. The quantitative estimate of drug-likeness (QED) is 0.299. The predicted molar refractivity (Wildman–Crippen MR) is 129 cm³/mol. The maximum absolute atomic E-state index is 8.34. The van der Waals surface area contributed by atoms with Crippen molar-refractivity contribution >= 4 is 11.7 Å². The van der Waals surface area contributed by atoms with Gasteiger partial charge in [-0.2, -0.15) is 4.37 Å². The summed E-state index contributed by atoms with van der Waals surface area (Å²) in [6, 6.07) is 3.79. The molecule has 0 saturated carbocycles. The fourth-order valence-corrected chi connectivity index (χ4v) is 2.87. The first-order valence-corrected chi connectivity index (χ1v) is 12.3. The minimum atomic E-state index is 0.0922. The third-order valence-corrected chi connectivity index (χ3v) is 4.64. The highest BCUT2D eigenvalue weighted by atomic mass is 32.1. The molecule has 1 N–H and O–H groups in total. The lowest BCUT2D eigenvalue weighted by molar-refractivity contribution is 0.0324. The van der Waals surface area contributed by atoms with Crippen LogP contribution in [-0.2, 0) is 18.9 Å². The van der Waals surface area contributed by atoms with Gasteiger partial charge in [-0.05, 0) is 25.0 Å². The average Bonchev–Trinajstić information content (AvgIpc) is 3.32. The molecule has 0 atom stereocenters. The van der Waals surface area contributed by atoms with Crippen molar-refractivity contribution in [3.05, 3.63) is 24.5 Å². The minimum Gasteiger partial charge on any atom is -0.473 e. The molecule has 0 unspecified atom stereocenters. The molecule has 0 aliphatic carbocycles. The summed E-state index contributed by atoms with van der Waals surface area (Å²) in [6.45, 7) is 9.77. The molecule has 0 bridgehead atoms. The lowest BCUT2D eigenvalue weighted by Crippen LogP contribution is -2.11. The van der Waals surface area contributed by atoms with Crippen molar-refractivity contribution in [2.75, 3.05) is 66.1 Å². The van der Waals surface area contributed by atoms with Crippen molar-refractivity contribution in [3.8, 4) is 17.1 Å². The molecule has 0 aliphatic heterocycles. The number of hydrogen-bond donors (Lipinski definition) is 1. The second kappa shape index (κ2) is 22.1. The number of aliphatic hydroxyl groups is 1. The van der Waals surface area contributed by atoms with E-state index in [4.69, 9.17) is 28.8 Å². The van der Waals surface area contributed by atoms with E-state index < -0.39 is 0 Å². The number of aromatic nitrogens is 3. The molecule has 2 aromatic rings. The molecule has 33 heavy (non-hydrogen) atoms. The van der Waals surface area contributed by atoms with E-state index in [-0.39, 0.29) is 6.61 Å². The van der Waals surface area contributed by atoms with Gasteiger partial charge in [0.25, 0.3) is 5.88 Å². The Morgan fingerprint density at radius 1 is 0.788 bits per heavy atom. The molecule has 0 amide bonds. The molecular formula is C23H39N3O6S. The molecule has 10 heteroatoms. The van der Waals surface area contributed by atoms with Crippen molar-refractivity contribution in [2.45, 2.75) is 39.5 Å². The number of aliphatic hydroxyl groups excluding tert-OH is 1. The van der Waals surface area contributed by atoms with Gasteiger partial charge in [-0.25, -0.2) is 0 Å². The Balaban J connectivity index is 0.000000420. The number of nitrogens with zero attached hydrogens (tertiary/aromatic N) is 3. The summed E-state index contributed by atoms with van der Waals surface area (Å²) in [5.74, 6) is 0.529. The van der Waals surface area contributed by atoms with E-state index in [0.29, 0.717) is 52.1 Å². The topological polar surface area (TPSA) is 105 Å². The Hall–Kier alpha value is -1.69. The van der Waals surface area contributed by atoms with Gasteiger partial charge in [0, 0.05) is 31.2 Å². The monoisotopic (exact) mass is 485 g/mol. The number of pyridine rings is 1. The van der Waals surface area contributed by atoms with Gasteiger partial charge >= 0.3 is 0 Å². The maximum atomic E-state index is 8.34. The summed E-state index contributed by atoms with van der Waals surface area (Å²) in [6.07, 6.45) is 7.98. The maximum Gasteiger partial charge on any atom is 0.254 e. The van der Waals surface area contributed by atoms with Crippen LogP contribution >= 0.6 is 11.7 Å². The van der Waals surface area contributed by atoms with Gasteiger partial charge in [-0.1, -0.05) is 26.7 Å². The zero-order valence-corrected chi connectivity index (χ0v) is 20.8. The van der Waals surface area contributed by atoms with Gasteiger partial charge in [0.15, 0.2) is 0 Å². The lowest BCUT2D eigenvalue weighted by Gasteiger charge is -2.07. The first-order valence-electron chi connectivity index (χ1n) is 11.6. The van der Waals surface area contributed by atoms with Crippen LogP contribution < -0.4 is 4.74 Å². The van der Waals surface area contributed by atoms with Gasteiger partial charge in [-0.15, -0.1) is 4.37 Å². The zero-order chi connectivity index (χ0) is 23.8. The van der Waals surface area contributed by atoms with Gasteiger partial charge in [0.1, 0.15) is 12.3 Å². The van der Waals surface area contributed by atoms with E-state index in [1.54, 1.807) is 12.4 Å². The predicted octanol–water partition coefficient (Wildman–Crippen LogP) is 3.62. The Morgan fingerprint density at radius 2 is 1.39 bits per heavy atom. The second-order valence-corrected chi connectivity index (χ2v) is 7.42. The van der Waals surface area contributed by atoms with Crippen LogP contribution in [0.1, 0.15) is 39.5 Å². The van der Waals surface area contributed by atoms with Crippen LogP contribution in [0.2, 0.25) is 0 Å². The van der Waals surface area contributed by atoms with Gasteiger partial charge in [0.2, 0.25) is 0 Å². The molecule has 0 aliphatic rings. The molecule has 2 aromatic heterocycles. The third kappa shape index (κ3) is 15.7. The summed E-state index contributed by atoms with van der Waals surface area (Å²) < 4.78 is 35.1. The molecule has 2 rings (SSSR count). The van der Waals surface area contributed by atoms with E-state index in [2.05, 4.69) is 27.6 Å². The zero-order valence-electron chi connectivity index (χ0n) is 19.9. The minimum absolute atomic E-state index is 0.0922. The van der Waals surface area contributed by atoms with Crippen LogP contribution in [0, 0.1) is 0 Å². The molecule has 0 spiro atoms. The first kappa shape index (κ1) is 29.3. The van der Waals surface area contributed by atoms with Crippen molar-refractivity contribution in [1.29, 1.82) is 0 Å². The number of unbranched alkanes of at least 4 members (excludes halogenated alkanes) is 2. The molecular weight excluding hydrogens is 446 g/mol. The fourth-order valence-electron chi connectivity index (χ4n) is 2.35. The summed E-state index contributed by atoms with van der Waals surface area (Å²) in [5.41, 5.74) is 1.62. The Morgan fingerprint density at radius 3 is 1.97 bits per heavy atom. The molecule has 188 valence electrons. The summed E-state index contributed by atoms with van der Waals surface area (Å²) in [5, 5.41) is 8.34. The Kier molecular flexibility index (Phi) is 19.7. The van der Waals surface area contributed by atoms with Crippen LogP contribution in [0.25, 0.3) is 11.3 Å². The normalized spacial score (nSPS) is 10.6. The van der Waals surface area contributed by atoms with Crippen LogP contribution in [-0.4, -0.2) is 84.9 Å². The molecule has 2 heterocycles. The summed E-state index contributed by atoms with van der Waals surface area (Å²) >= 11 is 1.13. The molecule has 9 nitrogen and oxygen atoms in total. The summed E-state index contributed by atoms with van der Waals surface area (Å²) in [4.78, 5) is 4.08. The highest BCUT2D eigenvalue weighted by Gasteiger charge is 2.11. The van der Waals surface area contributed by atoms with Gasteiger partial charge < -0.3 is 28.8 Å². The van der Waals surface area contributed by atoms with Crippen molar-refractivity contribution in [3.63, 3.8) is 0 Å². The highest BCUT2D eigenvalue weighted by Crippen LogP contribution is 2.26. The second-order valence-electron chi connectivity index (χ2n) is 6.89. The van der Waals surface area contributed by atoms with Crippen LogP contribution in [0.15, 0.2) is 24.5 Å². The standard InChI is InChI=1S/C15H21N3O3S.C8H18O3/c1-2-3-7-19-8-9-20-10-11-21-15-14(17-22-18-15)13-5-4-6-16-12-13;1-2-3-5-10-7-8-11-6-4-9/h4-6,12H,2-3,7-11H2,1H3;9H,2-8H2,1H3. The van der Waals surface area contributed by atoms with Crippen LogP contribution in [0.5, 0.6) is 5.88 Å². The molecule has 0 fully saturated rings.